The molecule has 0 radical (unpaired) electrons. The van der Waals surface area contributed by atoms with Gasteiger partial charge in [0.05, 0.1) is 6.04 Å². The van der Waals surface area contributed by atoms with Crippen molar-refractivity contribution in [2.45, 2.75) is 39.3 Å². The number of hydrogen-bond acceptors (Lipinski definition) is 4. The number of hydrogen-bond donors (Lipinski definition) is 1. The number of amides is 3. The maximum Gasteiger partial charge on any atom is 0.410 e. The molecule has 2 aliphatic heterocycles. The van der Waals surface area contributed by atoms with Crippen molar-refractivity contribution < 1.29 is 24.2 Å². The van der Waals surface area contributed by atoms with E-state index in [4.69, 9.17) is 9.84 Å². The molecule has 1 aromatic carbocycles. The largest absolute Gasteiger partial charge is 0.478 e. The number of carbonyl (C=O) groups is 3. The lowest BCUT2D eigenvalue weighted by Gasteiger charge is -2.36. The van der Waals surface area contributed by atoms with Gasteiger partial charge in [0.1, 0.15) is 5.60 Å². The summed E-state index contributed by atoms with van der Waals surface area (Å²) in [6, 6.07) is 7.08. The van der Waals surface area contributed by atoms with Crippen LogP contribution in [0.4, 0.5) is 15.3 Å². The molecule has 2 heterocycles. The van der Waals surface area contributed by atoms with Gasteiger partial charge in [-0.25, -0.2) is 14.4 Å². The Balaban J connectivity index is 1.69. The molecule has 2 saturated heterocycles. The molecule has 0 spiro atoms. The molecule has 2 aliphatic rings. The van der Waals surface area contributed by atoms with Crippen LogP contribution in [0.15, 0.2) is 30.3 Å². The van der Waals surface area contributed by atoms with Gasteiger partial charge in [-0.3, -0.25) is 4.90 Å². The molecule has 0 saturated carbocycles. The summed E-state index contributed by atoms with van der Waals surface area (Å²) in [7, 11) is 0. The molecule has 1 atom stereocenters. The minimum Gasteiger partial charge on any atom is -0.478 e. The predicted molar refractivity (Wildman–Crippen MR) is 109 cm³/mol. The first-order valence-corrected chi connectivity index (χ1v) is 9.63. The third kappa shape index (κ3) is 4.70. The van der Waals surface area contributed by atoms with Crippen LogP contribution in [0.25, 0.3) is 5.57 Å². The summed E-state index contributed by atoms with van der Waals surface area (Å²) < 4.78 is 5.45. The Morgan fingerprint density at radius 2 is 1.79 bits per heavy atom. The van der Waals surface area contributed by atoms with Crippen molar-refractivity contribution in [1.82, 2.24) is 9.80 Å². The van der Waals surface area contributed by atoms with Gasteiger partial charge in [-0.15, -0.1) is 0 Å². The van der Waals surface area contributed by atoms with E-state index in [-0.39, 0.29) is 18.2 Å². The van der Waals surface area contributed by atoms with E-state index >= 15 is 0 Å². The number of nitrogens with zero attached hydrogens (tertiary/aromatic N) is 3. The summed E-state index contributed by atoms with van der Waals surface area (Å²) in [6.07, 6.45) is 0.801. The molecule has 0 aliphatic carbocycles. The number of rotatable bonds is 3. The van der Waals surface area contributed by atoms with Crippen LogP contribution in [0.1, 0.15) is 33.3 Å². The van der Waals surface area contributed by atoms with Crippen molar-refractivity contribution >= 4 is 29.4 Å². The highest BCUT2D eigenvalue weighted by molar-refractivity contribution is 5.95. The van der Waals surface area contributed by atoms with Crippen LogP contribution in [0, 0.1) is 0 Å². The van der Waals surface area contributed by atoms with Gasteiger partial charge in [0.15, 0.2) is 0 Å². The number of carboxylic acid groups (broad SMARTS) is 1. The van der Waals surface area contributed by atoms with Gasteiger partial charge in [0, 0.05) is 37.9 Å². The van der Waals surface area contributed by atoms with Gasteiger partial charge in [0.2, 0.25) is 0 Å². The fourth-order valence-corrected chi connectivity index (χ4v) is 3.59. The Labute approximate surface area is 170 Å². The minimum atomic E-state index is -0.993. The molecule has 156 valence electrons. The van der Waals surface area contributed by atoms with E-state index in [9.17, 15) is 14.4 Å². The second-order valence-electron chi connectivity index (χ2n) is 8.38. The third-order valence-electron chi connectivity index (χ3n) is 4.98. The molecule has 1 N–H and O–H groups in total. The monoisotopic (exact) mass is 401 g/mol. The smallest absolute Gasteiger partial charge is 0.410 e. The number of aliphatic carboxylic acids is 1. The molecular weight excluding hydrogens is 374 g/mol. The van der Waals surface area contributed by atoms with Crippen molar-refractivity contribution in [3.05, 3.63) is 35.9 Å². The Bertz CT molecular complexity index is 841. The van der Waals surface area contributed by atoms with Gasteiger partial charge >= 0.3 is 18.1 Å². The molecule has 1 aromatic rings. The van der Waals surface area contributed by atoms with Gasteiger partial charge in [-0.1, -0.05) is 12.1 Å². The van der Waals surface area contributed by atoms with Gasteiger partial charge < -0.3 is 19.6 Å². The third-order valence-corrected chi connectivity index (χ3v) is 4.98. The molecule has 8 nitrogen and oxygen atoms in total. The lowest BCUT2D eigenvalue weighted by Crippen LogP contribution is -2.54. The second kappa shape index (κ2) is 7.77. The van der Waals surface area contributed by atoms with E-state index in [0.717, 1.165) is 17.3 Å². The molecule has 29 heavy (non-hydrogen) atoms. The average Bonchev–Trinajstić information content (AvgIpc) is 2.96. The van der Waals surface area contributed by atoms with E-state index in [1.54, 1.807) is 21.6 Å². The highest BCUT2D eigenvalue weighted by atomic mass is 16.6. The first-order chi connectivity index (χ1) is 13.5. The Morgan fingerprint density at radius 3 is 2.38 bits per heavy atom. The Morgan fingerprint density at radius 1 is 1.14 bits per heavy atom. The lowest BCUT2D eigenvalue weighted by molar-refractivity contribution is -0.131. The molecule has 3 rings (SSSR count). The zero-order valence-electron chi connectivity index (χ0n) is 17.2. The zero-order chi connectivity index (χ0) is 21.3. The summed E-state index contributed by atoms with van der Waals surface area (Å²) in [5.74, 6) is -0.993. The second-order valence-corrected chi connectivity index (χ2v) is 8.38. The van der Waals surface area contributed by atoms with Crippen LogP contribution in [0.5, 0.6) is 0 Å². The lowest BCUT2D eigenvalue weighted by atomic mass is 10.1. The summed E-state index contributed by atoms with van der Waals surface area (Å²) in [5.41, 5.74) is 1.62. The number of ether oxygens (including phenoxy) is 1. The minimum absolute atomic E-state index is 0.0793. The van der Waals surface area contributed by atoms with Crippen molar-refractivity contribution in [2.75, 3.05) is 31.1 Å². The highest BCUT2D eigenvalue weighted by Crippen LogP contribution is 2.28. The van der Waals surface area contributed by atoms with Crippen LogP contribution >= 0.6 is 0 Å². The average molecular weight is 401 g/mol. The number of piperazine rings is 1. The Kier molecular flexibility index (Phi) is 5.55. The molecule has 0 bridgehead atoms. The number of urea groups is 1. The van der Waals surface area contributed by atoms with Crippen molar-refractivity contribution in [3.63, 3.8) is 0 Å². The van der Waals surface area contributed by atoms with Crippen LogP contribution in [-0.4, -0.2) is 70.8 Å². The van der Waals surface area contributed by atoms with E-state index in [2.05, 4.69) is 0 Å². The summed E-state index contributed by atoms with van der Waals surface area (Å²) in [6.45, 7) is 9.07. The molecular formula is C21H27N3O5. The quantitative estimate of drug-likeness (QED) is 0.786. The maximum absolute atomic E-state index is 12.8. The normalized spacial score (nSPS) is 20.0. The standard InChI is InChI=1S/C21H27N3O5/c1-14(11-18(25)26)15-5-7-16(8-6-15)24-13-17-12-22(9-10-23(17)19(24)27)20(28)29-21(2,3)4/h5-8,11,17H,9-10,12-13H2,1-4H3,(H,25,26)/b14-11+. The van der Waals surface area contributed by atoms with Crippen molar-refractivity contribution in [3.8, 4) is 0 Å². The number of allylic oxidation sites excluding steroid dienone is 1. The van der Waals surface area contributed by atoms with E-state index in [1.165, 1.54) is 0 Å². The first kappa shape index (κ1) is 20.7. The number of carbonyl (C=O) groups excluding carboxylic acids is 2. The van der Waals surface area contributed by atoms with Crippen molar-refractivity contribution in [2.24, 2.45) is 0 Å². The molecule has 8 heteroatoms. The fourth-order valence-electron chi connectivity index (χ4n) is 3.59. The summed E-state index contributed by atoms with van der Waals surface area (Å²) >= 11 is 0. The number of fused-ring (bicyclic) bond motifs is 1. The van der Waals surface area contributed by atoms with Crippen molar-refractivity contribution in [1.29, 1.82) is 0 Å². The zero-order valence-corrected chi connectivity index (χ0v) is 17.2. The van der Waals surface area contributed by atoms with Gasteiger partial charge in [-0.05, 0) is 51.0 Å². The Hall–Kier alpha value is -3.03. The van der Waals surface area contributed by atoms with E-state index in [1.807, 2.05) is 45.0 Å². The molecule has 2 fully saturated rings. The topological polar surface area (TPSA) is 90.4 Å². The molecule has 1 unspecified atom stereocenters. The maximum atomic E-state index is 12.8. The SMILES string of the molecule is C/C(=C\C(=O)O)c1ccc(N2CC3CN(C(=O)OC(C)(C)C)CCN3C2=O)cc1. The molecule has 3 amide bonds. The summed E-state index contributed by atoms with van der Waals surface area (Å²) in [5, 5.41) is 8.88. The first-order valence-electron chi connectivity index (χ1n) is 9.63. The van der Waals surface area contributed by atoms with E-state index in [0.29, 0.717) is 31.8 Å². The highest BCUT2D eigenvalue weighted by Gasteiger charge is 2.42. The number of benzene rings is 1. The van der Waals surface area contributed by atoms with E-state index < -0.39 is 11.6 Å². The number of carboxylic acids is 1. The number of anilines is 1. The van der Waals surface area contributed by atoms with Crippen LogP contribution < -0.4 is 4.90 Å². The predicted octanol–water partition coefficient (Wildman–Crippen LogP) is 3.04. The van der Waals surface area contributed by atoms with Crippen LogP contribution in [-0.2, 0) is 9.53 Å². The molecule has 0 aromatic heterocycles. The van der Waals surface area contributed by atoms with Gasteiger partial charge in [-0.2, -0.15) is 0 Å². The fraction of sp³-hybridized carbons (Fsp3) is 0.476. The van der Waals surface area contributed by atoms with Gasteiger partial charge in [0.25, 0.3) is 0 Å². The summed E-state index contributed by atoms with van der Waals surface area (Å²) in [4.78, 5) is 41.2. The van der Waals surface area contributed by atoms with Crippen LogP contribution in [0.2, 0.25) is 0 Å². The van der Waals surface area contributed by atoms with Crippen LogP contribution in [0.3, 0.4) is 0 Å².